The van der Waals surface area contributed by atoms with E-state index >= 15 is 0 Å². The number of benzene rings is 4. The minimum atomic E-state index is -0.301. The number of allylic oxidation sites excluding steroid dienone is 4. The predicted molar refractivity (Wildman–Crippen MR) is 115 cm³/mol. The molecule has 0 heteroatoms. The Bertz CT molecular complexity index is 1280. The molecule has 0 atom stereocenters. The number of fused-ring (bicyclic) bond motifs is 4. The molecule has 27 heavy (non-hydrogen) atoms. The van der Waals surface area contributed by atoms with Crippen LogP contribution in [-0.4, -0.2) is 0 Å². The Hall–Kier alpha value is -3.38. The number of hydrogen-bond donors (Lipinski definition) is 0. The second-order valence-electron chi connectivity index (χ2n) is 7.40. The molecule has 4 aromatic carbocycles. The van der Waals surface area contributed by atoms with E-state index in [9.17, 15) is 0 Å². The largest absolute Gasteiger partial charge is 0.0987 e. The first kappa shape index (κ1) is 14.8. The normalized spacial score (nSPS) is 15.9. The van der Waals surface area contributed by atoms with E-state index in [-0.39, 0.29) is 5.41 Å². The van der Waals surface area contributed by atoms with Gasteiger partial charge >= 0.3 is 0 Å². The molecule has 0 fully saturated rings. The lowest BCUT2D eigenvalue weighted by Crippen LogP contribution is -2.26. The third-order valence-corrected chi connectivity index (χ3v) is 6.42. The van der Waals surface area contributed by atoms with Crippen LogP contribution in [0.5, 0.6) is 0 Å². The molecule has 0 heterocycles. The standard InChI is InChI=1S/C27H18/c1-3-19-20-11-5-6-12-22(20)27(21(19)4-2)23-13-7-9-17-15-16-18-10-8-14-24(27)26(18)25(17)23/h3-16H,1-2H2. The van der Waals surface area contributed by atoms with Crippen LogP contribution in [0, 0.1) is 0 Å². The molecule has 0 radical (unpaired) electrons. The van der Waals surface area contributed by atoms with Crippen molar-refractivity contribution >= 4 is 27.1 Å². The van der Waals surface area contributed by atoms with Gasteiger partial charge in [-0.1, -0.05) is 98.1 Å². The summed E-state index contributed by atoms with van der Waals surface area (Å²) in [5.41, 5.74) is 7.48. The monoisotopic (exact) mass is 342 g/mol. The summed E-state index contributed by atoms with van der Waals surface area (Å²) in [6.45, 7) is 8.36. The Kier molecular flexibility index (Phi) is 2.66. The summed E-state index contributed by atoms with van der Waals surface area (Å²) in [6.07, 6.45) is 4.04. The van der Waals surface area contributed by atoms with Crippen LogP contribution in [0.2, 0.25) is 0 Å². The highest BCUT2D eigenvalue weighted by Crippen LogP contribution is 2.61. The Morgan fingerprint density at radius 2 is 1.19 bits per heavy atom. The molecule has 0 aromatic heterocycles. The van der Waals surface area contributed by atoms with Crippen molar-refractivity contribution in [2.24, 2.45) is 0 Å². The summed E-state index contributed by atoms with van der Waals surface area (Å²) in [5.74, 6) is 0. The highest BCUT2D eigenvalue weighted by atomic mass is 14.5. The zero-order valence-electron chi connectivity index (χ0n) is 15.0. The highest BCUT2D eigenvalue weighted by molar-refractivity contribution is 6.17. The molecular formula is C27H18. The maximum atomic E-state index is 4.23. The van der Waals surface area contributed by atoms with Crippen molar-refractivity contribution in [3.63, 3.8) is 0 Å². The zero-order valence-corrected chi connectivity index (χ0v) is 15.0. The molecular weight excluding hydrogens is 324 g/mol. The van der Waals surface area contributed by atoms with Gasteiger partial charge in [0.25, 0.3) is 0 Å². The molecule has 0 N–H and O–H groups in total. The molecule has 0 saturated carbocycles. The Morgan fingerprint density at radius 3 is 1.78 bits per heavy atom. The summed E-state index contributed by atoms with van der Waals surface area (Å²) in [4.78, 5) is 0. The van der Waals surface area contributed by atoms with Gasteiger partial charge in [0.05, 0.1) is 5.41 Å². The third-order valence-electron chi connectivity index (χ3n) is 6.42. The molecule has 0 unspecified atom stereocenters. The first-order valence-electron chi connectivity index (χ1n) is 9.37. The molecule has 0 saturated heterocycles. The van der Waals surface area contributed by atoms with E-state index in [1.165, 1.54) is 54.9 Å². The maximum absolute atomic E-state index is 4.23. The smallest absolute Gasteiger partial charge is 0.0725 e. The second kappa shape index (κ2) is 4.86. The van der Waals surface area contributed by atoms with E-state index in [0.717, 1.165) is 0 Å². The summed E-state index contributed by atoms with van der Waals surface area (Å²) >= 11 is 0. The van der Waals surface area contributed by atoms with E-state index in [1.54, 1.807) is 0 Å². The van der Waals surface area contributed by atoms with Crippen LogP contribution in [0.4, 0.5) is 0 Å². The topological polar surface area (TPSA) is 0 Å². The molecule has 0 bridgehead atoms. The first-order valence-corrected chi connectivity index (χ1v) is 9.37. The molecule has 0 nitrogen and oxygen atoms in total. The lowest BCUT2D eigenvalue weighted by atomic mass is 9.69. The average molecular weight is 342 g/mol. The van der Waals surface area contributed by atoms with Gasteiger partial charge in [0.1, 0.15) is 0 Å². The van der Waals surface area contributed by atoms with Crippen molar-refractivity contribution < 1.29 is 0 Å². The minimum absolute atomic E-state index is 0.301. The van der Waals surface area contributed by atoms with Crippen LogP contribution in [0.1, 0.15) is 22.3 Å². The van der Waals surface area contributed by atoms with Crippen LogP contribution in [0.3, 0.4) is 0 Å². The van der Waals surface area contributed by atoms with E-state index in [4.69, 9.17) is 0 Å². The van der Waals surface area contributed by atoms with Crippen molar-refractivity contribution in [1.29, 1.82) is 0 Å². The maximum Gasteiger partial charge on any atom is 0.0725 e. The van der Waals surface area contributed by atoms with Gasteiger partial charge in [-0.3, -0.25) is 0 Å². The van der Waals surface area contributed by atoms with Crippen molar-refractivity contribution in [2.75, 3.05) is 0 Å². The molecule has 6 rings (SSSR count). The summed E-state index contributed by atoms with van der Waals surface area (Å²) in [5, 5.41) is 5.37. The van der Waals surface area contributed by atoms with E-state index in [2.05, 4.69) is 86.0 Å². The van der Waals surface area contributed by atoms with Crippen LogP contribution < -0.4 is 0 Å². The van der Waals surface area contributed by atoms with Crippen LogP contribution in [0.25, 0.3) is 27.1 Å². The first-order chi connectivity index (χ1) is 13.3. The van der Waals surface area contributed by atoms with Crippen LogP contribution in [0.15, 0.2) is 104 Å². The van der Waals surface area contributed by atoms with Gasteiger partial charge in [0.15, 0.2) is 0 Å². The fourth-order valence-electron chi connectivity index (χ4n) is 5.53. The zero-order chi connectivity index (χ0) is 18.2. The SMILES string of the molecule is C=CC1=C(C=C)C2(c3ccccc31)c1cccc3ccc4cccc2c4c13. The van der Waals surface area contributed by atoms with Gasteiger partial charge in [0, 0.05) is 0 Å². The molecule has 1 spiro atoms. The quantitative estimate of drug-likeness (QED) is 0.352. The van der Waals surface area contributed by atoms with Crippen molar-refractivity contribution in [2.45, 2.75) is 5.41 Å². The average Bonchev–Trinajstić information content (AvgIpc) is 3.19. The van der Waals surface area contributed by atoms with Crippen molar-refractivity contribution in [3.05, 3.63) is 126 Å². The molecule has 0 aliphatic heterocycles. The predicted octanol–water partition coefficient (Wildman–Crippen LogP) is 6.78. The lowest BCUT2D eigenvalue weighted by molar-refractivity contribution is 0.790. The van der Waals surface area contributed by atoms with Crippen LogP contribution in [-0.2, 0) is 5.41 Å². The van der Waals surface area contributed by atoms with Gasteiger partial charge < -0.3 is 0 Å². The third kappa shape index (κ3) is 1.48. The minimum Gasteiger partial charge on any atom is -0.0987 e. The molecule has 2 aliphatic carbocycles. The Morgan fingerprint density at radius 1 is 0.593 bits per heavy atom. The fourth-order valence-corrected chi connectivity index (χ4v) is 5.53. The Balaban J connectivity index is 1.94. The molecule has 2 aliphatic rings. The Labute approximate surface area is 158 Å². The fraction of sp³-hybridized carbons (Fsp3) is 0.0370. The van der Waals surface area contributed by atoms with E-state index in [1.807, 2.05) is 12.2 Å². The van der Waals surface area contributed by atoms with Crippen molar-refractivity contribution in [1.82, 2.24) is 0 Å². The van der Waals surface area contributed by atoms with E-state index in [0.29, 0.717) is 0 Å². The van der Waals surface area contributed by atoms with Gasteiger partial charge in [-0.25, -0.2) is 0 Å². The number of rotatable bonds is 2. The molecule has 0 amide bonds. The van der Waals surface area contributed by atoms with Crippen LogP contribution >= 0.6 is 0 Å². The summed E-state index contributed by atoms with van der Waals surface area (Å²) < 4.78 is 0. The summed E-state index contributed by atoms with van der Waals surface area (Å²) in [6, 6.07) is 26.7. The van der Waals surface area contributed by atoms with Gasteiger partial charge in [0.2, 0.25) is 0 Å². The van der Waals surface area contributed by atoms with Gasteiger partial charge in [-0.2, -0.15) is 0 Å². The van der Waals surface area contributed by atoms with E-state index < -0.39 is 0 Å². The van der Waals surface area contributed by atoms with Gasteiger partial charge in [-0.15, -0.1) is 0 Å². The van der Waals surface area contributed by atoms with Crippen molar-refractivity contribution in [3.8, 4) is 0 Å². The summed E-state index contributed by atoms with van der Waals surface area (Å²) in [7, 11) is 0. The highest BCUT2D eigenvalue weighted by Gasteiger charge is 2.50. The van der Waals surface area contributed by atoms with Gasteiger partial charge in [-0.05, 0) is 54.9 Å². The lowest BCUT2D eigenvalue weighted by Gasteiger charge is -2.31. The second-order valence-corrected chi connectivity index (χ2v) is 7.40. The number of hydrogen-bond acceptors (Lipinski definition) is 0. The molecule has 4 aromatic rings. The molecule has 126 valence electrons.